The summed E-state index contributed by atoms with van der Waals surface area (Å²) in [5, 5.41) is 0. The van der Waals surface area contributed by atoms with Crippen LogP contribution in [0.1, 0.15) is 79.1 Å². The summed E-state index contributed by atoms with van der Waals surface area (Å²) in [6, 6.07) is 0. The van der Waals surface area contributed by atoms with Crippen LogP contribution in [-0.2, 0) is 21.7 Å². The van der Waals surface area contributed by atoms with Gasteiger partial charge in [-0.2, -0.15) is 0 Å². The molecule has 0 bridgehead atoms. The minimum atomic E-state index is 0. The zero-order chi connectivity index (χ0) is 13.5. The Hall–Kier alpha value is 1.32. The van der Waals surface area contributed by atoms with Crippen LogP contribution in [0.2, 0.25) is 0 Å². The molecule has 0 aromatic carbocycles. The van der Waals surface area contributed by atoms with Crippen molar-refractivity contribution in [2.45, 2.75) is 79.1 Å². The van der Waals surface area contributed by atoms with Gasteiger partial charge in [0.2, 0.25) is 0 Å². The summed E-state index contributed by atoms with van der Waals surface area (Å²) in [5.41, 5.74) is 5.48. The van der Waals surface area contributed by atoms with Crippen LogP contribution in [0, 0.1) is 5.92 Å². The Morgan fingerprint density at radius 2 is 1.24 bits per heavy atom. The maximum Gasteiger partial charge on any atom is 0 e. The summed E-state index contributed by atoms with van der Waals surface area (Å²) in [6.45, 7) is 9.36. The van der Waals surface area contributed by atoms with Crippen molar-refractivity contribution >= 4 is 41.3 Å². The van der Waals surface area contributed by atoms with Gasteiger partial charge in [-0.1, -0.05) is 0 Å². The molecule has 0 N–H and O–H groups in total. The second-order valence-electron chi connectivity index (χ2n) is 5.76. The SMILES string of the molecule is CCCC1=[C]([GeH3])C(CCC)C(CCC)=C1CCC.Cl.Cl.[Ti]. The maximum atomic E-state index is 2.35. The van der Waals surface area contributed by atoms with Crippen LogP contribution in [0.5, 0.6) is 0 Å². The molecular formula is C17H34Cl2GeTi. The van der Waals surface area contributed by atoms with Crippen molar-refractivity contribution in [1.29, 1.82) is 0 Å². The van der Waals surface area contributed by atoms with Gasteiger partial charge in [-0.05, 0) is 0 Å². The fourth-order valence-corrected chi connectivity index (χ4v) is 6.04. The minimum Gasteiger partial charge on any atom is -0.147 e. The van der Waals surface area contributed by atoms with Gasteiger partial charge < -0.3 is 0 Å². The summed E-state index contributed by atoms with van der Waals surface area (Å²) >= 11 is 0.881. The van der Waals surface area contributed by atoms with E-state index in [2.05, 4.69) is 27.7 Å². The summed E-state index contributed by atoms with van der Waals surface area (Å²) in [6.07, 6.45) is 10.7. The molecule has 1 rings (SSSR count). The monoisotopic (exact) mass is 430 g/mol. The first-order valence-corrected chi connectivity index (χ1v) is 10.2. The standard InChI is InChI=1S/C17H32Ge.2ClH.Ti/c1-5-9-13-14(10-6-2)16(12-8-4)17(18)15(13)11-7-3;;;/h15H,5-12H2,1-4,18H3;2*1H;. The molecule has 4 heteroatoms. The summed E-state index contributed by atoms with van der Waals surface area (Å²) in [4.78, 5) is 0. The van der Waals surface area contributed by atoms with Gasteiger partial charge in [-0.15, -0.1) is 24.8 Å². The first kappa shape index (κ1) is 27.2. The molecule has 0 heterocycles. The Kier molecular flexibility index (Phi) is 19.3. The van der Waals surface area contributed by atoms with Gasteiger partial charge in [0.25, 0.3) is 0 Å². The van der Waals surface area contributed by atoms with E-state index >= 15 is 0 Å². The Bertz CT molecular complexity index is 338. The van der Waals surface area contributed by atoms with E-state index in [1.807, 2.05) is 21.1 Å². The van der Waals surface area contributed by atoms with Crippen molar-refractivity contribution in [1.82, 2.24) is 0 Å². The number of rotatable bonds is 8. The van der Waals surface area contributed by atoms with Crippen molar-refractivity contribution < 1.29 is 21.7 Å². The average molecular weight is 430 g/mol. The van der Waals surface area contributed by atoms with Gasteiger partial charge in [0.1, 0.15) is 0 Å². The van der Waals surface area contributed by atoms with Crippen LogP contribution in [0.25, 0.3) is 0 Å². The van der Waals surface area contributed by atoms with E-state index in [0.717, 1.165) is 22.4 Å². The van der Waals surface area contributed by atoms with Gasteiger partial charge in [0.15, 0.2) is 0 Å². The molecule has 124 valence electrons. The molecule has 1 aliphatic rings. The fraction of sp³-hybridized carbons (Fsp3) is 0.765. The Labute approximate surface area is 168 Å². The smallest absolute Gasteiger partial charge is 0 e. The summed E-state index contributed by atoms with van der Waals surface area (Å²) < 4.78 is 1.90. The second-order valence-corrected chi connectivity index (χ2v) is 8.02. The largest absolute Gasteiger partial charge is 0.147 e. The molecule has 0 aromatic rings. The van der Waals surface area contributed by atoms with Crippen LogP contribution >= 0.6 is 24.8 Å². The topological polar surface area (TPSA) is 0 Å². The number of hydrogen-bond acceptors (Lipinski definition) is 0. The molecule has 0 radical (unpaired) electrons. The molecule has 0 nitrogen and oxygen atoms in total. The molecule has 1 aliphatic carbocycles. The second kappa shape index (κ2) is 14.9. The molecule has 0 aromatic heterocycles. The van der Waals surface area contributed by atoms with Crippen molar-refractivity contribution in [3.8, 4) is 0 Å². The van der Waals surface area contributed by atoms with E-state index in [4.69, 9.17) is 0 Å². The van der Waals surface area contributed by atoms with Crippen molar-refractivity contribution in [2.24, 2.45) is 5.92 Å². The molecule has 0 spiro atoms. The molecule has 0 saturated carbocycles. The van der Waals surface area contributed by atoms with Gasteiger partial charge in [-0.25, -0.2) is 0 Å². The first-order chi connectivity index (χ1) is 8.71. The molecule has 0 fully saturated rings. The van der Waals surface area contributed by atoms with Crippen molar-refractivity contribution in [3.05, 3.63) is 21.1 Å². The molecule has 0 aliphatic heterocycles. The normalized spacial score (nSPS) is 17.4. The number of hydrogen-bond donors (Lipinski definition) is 0. The predicted octanol–water partition coefficient (Wildman–Crippen LogP) is 5.57. The zero-order valence-corrected chi connectivity index (χ0v) is 21.9. The number of halogens is 2. The van der Waals surface area contributed by atoms with Crippen LogP contribution in [-0.4, -0.2) is 16.5 Å². The summed E-state index contributed by atoms with van der Waals surface area (Å²) in [7, 11) is 0. The van der Waals surface area contributed by atoms with Gasteiger partial charge in [0.05, 0.1) is 0 Å². The maximum absolute atomic E-state index is 2.35. The molecular weight excluding hydrogens is 396 g/mol. The van der Waals surface area contributed by atoms with Gasteiger partial charge >= 0.3 is 123 Å². The van der Waals surface area contributed by atoms with Gasteiger partial charge in [0, 0.05) is 21.7 Å². The van der Waals surface area contributed by atoms with E-state index in [1.54, 1.807) is 0 Å². The molecule has 1 unspecified atom stereocenters. The van der Waals surface area contributed by atoms with E-state index in [9.17, 15) is 0 Å². The Morgan fingerprint density at radius 3 is 1.67 bits per heavy atom. The Morgan fingerprint density at radius 1 is 0.762 bits per heavy atom. The van der Waals surface area contributed by atoms with Crippen LogP contribution in [0.4, 0.5) is 0 Å². The molecule has 0 amide bonds. The molecule has 21 heavy (non-hydrogen) atoms. The van der Waals surface area contributed by atoms with Crippen LogP contribution in [0.3, 0.4) is 0 Å². The fourth-order valence-electron chi connectivity index (χ4n) is 3.55. The predicted molar refractivity (Wildman–Crippen MR) is 102 cm³/mol. The first-order valence-electron chi connectivity index (χ1n) is 8.12. The Balaban J connectivity index is -0.00000108. The van der Waals surface area contributed by atoms with E-state index in [0.29, 0.717) is 0 Å². The minimum absolute atomic E-state index is 0. The third-order valence-corrected chi connectivity index (χ3v) is 7.00. The quantitative estimate of drug-likeness (QED) is 0.442. The molecule has 1 atom stereocenters. The van der Waals surface area contributed by atoms with E-state index in [1.165, 1.54) is 51.4 Å². The zero-order valence-electron chi connectivity index (χ0n) is 14.6. The third kappa shape index (κ3) is 7.17. The molecule has 0 saturated heterocycles. The van der Waals surface area contributed by atoms with E-state index in [-0.39, 0.29) is 46.5 Å². The summed E-state index contributed by atoms with van der Waals surface area (Å²) in [5.74, 6) is 0.873. The van der Waals surface area contributed by atoms with Gasteiger partial charge in [-0.3, -0.25) is 0 Å². The van der Waals surface area contributed by atoms with Crippen LogP contribution < -0.4 is 0 Å². The average Bonchev–Trinajstić information content (AvgIpc) is 2.58. The van der Waals surface area contributed by atoms with Crippen molar-refractivity contribution in [3.63, 3.8) is 0 Å². The third-order valence-electron chi connectivity index (χ3n) is 4.27. The number of allylic oxidation sites excluding steroid dienone is 4. The van der Waals surface area contributed by atoms with Crippen molar-refractivity contribution in [2.75, 3.05) is 0 Å². The van der Waals surface area contributed by atoms with Crippen LogP contribution in [0.15, 0.2) is 21.1 Å². The van der Waals surface area contributed by atoms with E-state index < -0.39 is 0 Å².